The molecule has 4 aromatic heterocycles. The SMILES string of the molecule is Cn1cc(-c2cc(F)c3nnc(C(F)(F)c4ccc5ncc(OCCCN6CCOCC6)cc5c4)n3c2)cn1. The lowest BCUT2D eigenvalue weighted by atomic mass is 10.0. The van der Waals surface area contributed by atoms with E-state index in [1.807, 2.05) is 0 Å². The number of hydrogen-bond donors (Lipinski definition) is 0. The van der Waals surface area contributed by atoms with E-state index in [1.54, 1.807) is 30.2 Å². The predicted octanol–water partition coefficient (Wildman–Crippen LogP) is 4.06. The fourth-order valence-electron chi connectivity index (χ4n) is 4.71. The van der Waals surface area contributed by atoms with E-state index < -0.39 is 17.6 Å². The number of benzene rings is 1. The predicted molar refractivity (Wildman–Crippen MR) is 137 cm³/mol. The van der Waals surface area contributed by atoms with Crippen LogP contribution in [0.5, 0.6) is 5.75 Å². The van der Waals surface area contributed by atoms with Crippen molar-refractivity contribution in [2.75, 3.05) is 39.5 Å². The zero-order chi connectivity index (χ0) is 27.0. The van der Waals surface area contributed by atoms with Crippen LogP contribution >= 0.6 is 0 Å². The lowest BCUT2D eigenvalue weighted by Gasteiger charge is -2.26. The molecule has 39 heavy (non-hydrogen) atoms. The van der Waals surface area contributed by atoms with Crippen LogP contribution in [0.3, 0.4) is 0 Å². The molecule has 0 atom stereocenters. The Hall–Kier alpha value is -4.03. The standard InChI is InChI=1S/C27H26F3N7O2/c1-35-16-20(14-32-35)19-13-23(28)25-33-34-26(37(25)17-19)27(29,30)21-3-4-24-18(11-21)12-22(15-31-24)39-8-2-5-36-6-9-38-10-7-36/h3-4,11-17H,2,5-10H2,1H3. The largest absolute Gasteiger partial charge is 0.492 e. The number of aryl methyl sites for hydroxylation is 1. The summed E-state index contributed by atoms with van der Waals surface area (Å²) in [6, 6.07) is 7.09. The molecule has 0 unspecified atom stereocenters. The van der Waals surface area contributed by atoms with Crippen molar-refractivity contribution in [2.45, 2.75) is 12.3 Å². The number of ether oxygens (including phenoxy) is 2. The third-order valence-electron chi connectivity index (χ3n) is 6.79. The molecule has 0 bridgehead atoms. The van der Waals surface area contributed by atoms with Crippen molar-refractivity contribution in [1.29, 1.82) is 0 Å². The van der Waals surface area contributed by atoms with E-state index in [0.717, 1.165) is 43.7 Å². The number of morpholine rings is 1. The maximum atomic E-state index is 15.8. The van der Waals surface area contributed by atoms with Crippen LogP contribution < -0.4 is 4.74 Å². The van der Waals surface area contributed by atoms with Crippen molar-refractivity contribution in [3.63, 3.8) is 0 Å². The maximum absolute atomic E-state index is 15.8. The summed E-state index contributed by atoms with van der Waals surface area (Å²) in [5.74, 6) is -4.52. The van der Waals surface area contributed by atoms with Crippen LogP contribution in [-0.2, 0) is 17.7 Å². The Balaban J connectivity index is 1.25. The average molecular weight is 538 g/mol. The minimum absolute atomic E-state index is 0.285. The molecule has 0 aliphatic carbocycles. The number of nitrogens with zero attached hydrogens (tertiary/aromatic N) is 7. The fourth-order valence-corrected chi connectivity index (χ4v) is 4.71. The van der Waals surface area contributed by atoms with Gasteiger partial charge in [0.1, 0.15) is 5.75 Å². The van der Waals surface area contributed by atoms with Crippen LogP contribution in [-0.4, -0.2) is 73.7 Å². The first-order valence-electron chi connectivity index (χ1n) is 12.6. The Bertz CT molecular complexity index is 1630. The van der Waals surface area contributed by atoms with Crippen molar-refractivity contribution < 1.29 is 22.6 Å². The van der Waals surface area contributed by atoms with Crippen molar-refractivity contribution in [3.05, 3.63) is 72.3 Å². The molecule has 1 aliphatic rings. The molecule has 6 rings (SSSR count). The summed E-state index contributed by atoms with van der Waals surface area (Å²) in [5.41, 5.74) is 0.903. The van der Waals surface area contributed by atoms with Crippen molar-refractivity contribution in [3.8, 4) is 16.9 Å². The van der Waals surface area contributed by atoms with E-state index in [0.29, 0.717) is 34.4 Å². The van der Waals surface area contributed by atoms with E-state index >= 15 is 8.78 Å². The van der Waals surface area contributed by atoms with Gasteiger partial charge in [-0.1, -0.05) is 6.07 Å². The number of hydrogen-bond acceptors (Lipinski definition) is 7. The van der Waals surface area contributed by atoms with E-state index in [1.165, 1.54) is 36.7 Å². The molecule has 9 nitrogen and oxygen atoms in total. The van der Waals surface area contributed by atoms with Gasteiger partial charge in [-0.05, 0) is 30.7 Å². The van der Waals surface area contributed by atoms with Crippen molar-refractivity contribution in [1.82, 2.24) is 34.3 Å². The van der Waals surface area contributed by atoms with Crippen LogP contribution in [0.1, 0.15) is 17.8 Å². The molecule has 12 heteroatoms. The van der Waals surface area contributed by atoms with Gasteiger partial charge >= 0.3 is 5.92 Å². The van der Waals surface area contributed by atoms with Gasteiger partial charge < -0.3 is 9.47 Å². The zero-order valence-corrected chi connectivity index (χ0v) is 21.2. The van der Waals surface area contributed by atoms with Crippen LogP contribution in [0.2, 0.25) is 0 Å². The number of alkyl halides is 2. The van der Waals surface area contributed by atoms with Gasteiger partial charge in [-0.15, -0.1) is 10.2 Å². The Morgan fingerprint density at radius 2 is 1.87 bits per heavy atom. The van der Waals surface area contributed by atoms with Gasteiger partial charge in [-0.3, -0.25) is 19.0 Å². The minimum atomic E-state index is -3.57. The summed E-state index contributed by atoms with van der Waals surface area (Å²) in [7, 11) is 1.72. The topological polar surface area (TPSA) is 82.6 Å². The highest BCUT2D eigenvalue weighted by molar-refractivity contribution is 5.80. The molecule has 0 amide bonds. The number of halogens is 3. The highest BCUT2D eigenvalue weighted by Gasteiger charge is 2.40. The Morgan fingerprint density at radius 3 is 2.67 bits per heavy atom. The van der Waals surface area contributed by atoms with E-state index in [-0.39, 0.29) is 11.2 Å². The third kappa shape index (κ3) is 5.04. The lowest BCUT2D eigenvalue weighted by Crippen LogP contribution is -2.37. The minimum Gasteiger partial charge on any atom is -0.492 e. The first-order chi connectivity index (χ1) is 18.9. The van der Waals surface area contributed by atoms with Crippen molar-refractivity contribution in [2.24, 2.45) is 7.05 Å². The molecular formula is C27H26F3N7O2. The van der Waals surface area contributed by atoms with Crippen LogP contribution in [0.15, 0.2) is 55.1 Å². The Labute approximate surface area is 221 Å². The molecule has 0 N–H and O–H groups in total. The molecule has 5 aromatic rings. The molecule has 1 saturated heterocycles. The first kappa shape index (κ1) is 25.3. The fraction of sp³-hybridized carbons (Fsp3) is 0.333. The van der Waals surface area contributed by atoms with Crippen LogP contribution in [0.25, 0.3) is 27.7 Å². The third-order valence-corrected chi connectivity index (χ3v) is 6.79. The molecule has 1 fully saturated rings. The molecule has 1 aliphatic heterocycles. The van der Waals surface area contributed by atoms with E-state index in [2.05, 4.69) is 25.2 Å². The van der Waals surface area contributed by atoms with Gasteiger partial charge in [0.15, 0.2) is 11.5 Å². The summed E-state index contributed by atoms with van der Waals surface area (Å²) in [5, 5.41) is 11.9. The second kappa shape index (κ2) is 10.3. The Kier molecular flexibility index (Phi) is 6.65. The monoisotopic (exact) mass is 537 g/mol. The first-order valence-corrected chi connectivity index (χ1v) is 12.6. The quantitative estimate of drug-likeness (QED) is 0.276. The molecule has 0 spiro atoms. The van der Waals surface area contributed by atoms with Gasteiger partial charge in [0, 0.05) is 61.2 Å². The van der Waals surface area contributed by atoms with Gasteiger partial charge in [0.05, 0.1) is 37.7 Å². The van der Waals surface area contributed by atoms with E-state index in [9.17, 15) is 4.39 Å². The summed E-state index contributed by atoms with van der Waals surface area (Å²) in [4.78, 5) is 6.68. The summed E-state index contributed by atoms with van der Waals surface area (Å²) in [6.07, 6.45) is 7.00. The smallest absolute Gasteiger partial charge is 0.332 e. The molecule has 202 valence electrons. The number of pyridine rings is 2. The van der Waals surface area contributed by atoms with Gasteiger partial charge in [-0.2, -0.15) is 13.9 Å². The summed E-state index contributed by atoms with van der Waals surface area (Å²) < 4.78 is 60.2. The summed E-state index contributed by atoms with van der Waals surface area (Å²) >= 11 is 0. The molecular weight excluding hydrogens is 511 g/mol. The van der Waals surface area contributed by atoms with Crippen LogP contribution in [0, 0.1) is 5.82 Å². The number of aromatic nitrogens is 6. The van der Waals surface area contributed by atoms with Crippen molar-refractivity contribution >= 4 is 16.6 Å². The summed E-state index contributed by atoms with van der Waals surface area (Å²) in [6.45, 7) is 4.69. The lowest BCUT2D eigenvalue weighted by molar-refractivity contribution is 0.0318. The molecule has 1 aromatic carbocycles. The zero-order valence-electron chi connectivity index (χ0n) is 21.2. The van der Waals surface area contributed by atoms with Gasteiger partial charge in [0.25, 0.3) is 0 Å². The molecule has 0 radical (unpaired) electrons. The molecule has 5 heterocycles. The normalized spacial score (nSPS) is 14.9. The number of rotatable bonds is 8. The highest BCUT2D eigenvalue weighted by atomic mass is 19.3. The molecule has 0 saturated carbocycles. The van der Waals surface area contributed by atoms with Gasteiger partial charge in [-0.25, -0.2) is 4.39 Å². The Morgan fingerprint density at radius 1 is 1.03 bits per heavy atom. The average Bonchev–Trinajstić information content (AvgIpc) is 3.58. The van der Waals surface area contributed by atoms with Crippen LogP contribution in [0.4, 0.5) is 13.2 Å². The van der Waals surface area contributed by atoms with Gasteiger partial charge in [0.2, 0.25) is 5.82 Å². The second-order valence-electron chi connectivity index (χ2n) is 9.51. The highest BCUT2D eigenvalue weighted by Crippen LogP contribution is 2.37. The van der Waals surface area contributed by atoms with E-state index in [4.69, 9.17) is 9.47 Å². The second-order valence-corrected chi connectivity index (χ2v) is 9.51. The maximum Gasteiger partial charge on any atom is 0.332 e. The number of fused-ring (bicyclic) bond motifs is 2.